The first-order valence-electron chi connectivity index (χ1n) is 5.78. The van der Waals surface area contributed by atoms with Crippen molar-refractivity contribution in [3.8, 4) is 11.8 Å². The summed E-state index contributed by atoms with van der Waals surface area (Å²) in [6.45, 7) is 2.85. The van der Waals surface area contributed by atoms with Gasteiger partial charge >= 0.3 is 0 Å². The SMILES string of the molecule is CCCNC(C#N)COc1cc([N+](=O)[O-])ccc1Br. The highest BCUT2D eigenvalue weighted by Gasteiger charge is 2.13. The van der Waals surface area contributed by atoms with Crippen molar-refractivity contribution < 1.29 is 9.66 Å². The topological polar surface area (TPSA) is 88.2 Å². The summed E-state index contributed by atoms with van der Waals surface area (Å²) in [5.74, 6) is 0.354. The fraction of sp³-hybridized carbons (Fsp3) is 0.417. The number of nitrogens with zero attached hydrogens (tertiary/aromatic N) is 2. The van der Waals surface area contributed by atoms with Crippen molar-refractivity contribution >= 4 is 21.6 Å². The van der Waals surface area contributed by atoms with Crippen LogP contribution >= 0.6 is 15.9 Å². The van der Waals surface area contributed by atoms with E-state index in [4.69, 9.17) is 10.00 Å². The molecule has 0 saturated carbocycles. The van der Waals surface area contributed by atoms with Crippen LogP contribution in [0.4, 0.5) is 5.69 Å². The Morgan fingerprint density at radius 3 is 2.95 bits per heavy atom. The molecule has 0 aromatic heterocycles. The number of nitriles is 1. The van der Waals surface area contributed by atoms with Gasteiger partial charge < -0.3 is 4.74 Å². The summed E-state index contributed by atoms with van der Waals surface area (Å²) in [5.41, 5.74) is -0.0479. The molecular weight excluding hydrogens is 314 g/mol. The highest BCUT2D eigenvalue weighted by Crippen LogP contribution is 2.29. The van der Waals surface area contributed by atoms with Crippen molar-refractivity contribution in [1.29, 1.82) is 5.26 Å². The maximum Gasteiger partial charge on any atom is 0.273 e. The van der Waals surface area contributed by atoms with Crippen molar-refractivity contribution in [2.75, 3.05) is 13.2 Å². The molecule has 7 heteroatoms. The molecule has 0 radical (unpaired) electrons. The third-order valence-corrected chi connectivity index (χ3v) is 2.98. The summed E-state index contributed by atoms with van der Waals surface area (Å²) in [6, 6.07) is 5.90. The Balaban J connectivity index is 2.68. The Hall–Kier alpha value is -1.65. The lowest BCUT2D eigenvalue weighted by molar-refractivity contribution is -0.385. The molecule has 0 heterocycles. The highest BCUT2D eigenvalue weighted by atomic mass is 79.9. The van der Waals surface area contributed by atoms with Gasteiger partial charge in [-0.2, -0.15) is 5.26 Å². The van der Waals surface area contributed by atoms with Crippen LogP contribution in [0.5, 0.6) is 5.75 Å². The zero-order chi connectivity index (χ0) is 14.3. The van der Waals surface area contributed by atoms with Gasteiger partial charge in [0.25, 0.3) is 5.69 Å². The molecule has 0 aliphatic rings. The molecule has 1 aromatic rings. The van der Waals surface area contributed by atoms with Crippen molar-refractivity contribution in [3.05, 3.63) is 32.8 Å². The van der Waals surface area contributed by atoms with Crippen molar-refractivity contribution in [3.63, 3.8) is 0 Å². The Labute approximate surface area is 119 Å². The summed E-state index contributed by atoms with van der Waals surface area (Å²) in [4.78, 5) is 10.2. The molecule has 1 N–H and O–H groups in total. The zero-order valence-corrected chi connectivity index (χ0v) is 12.0. The summed E-state index contributed by atoms with van der Waals surface area (Å²) in [6.07, 6.45) is 0.915. The summed E-state index contributed by atoms with van der Waals surface area (Å²) < 4.78 is 6.06. The number of benzene rings is 1. The third kappa shape index (κ3) is 4.85. The van der Waals surface area contributed by atoms with Gasteiger partial charge in [0.05, 0.1) is 21.5 Å². The average molecular weight is 328 g/mol. The minimum Gasteiger partial charge on any atom is -0.489 e. The molecule has 1 aromatic carbocycles. The van der Waals surface area contributed by atoms with E-state index in [0.717, 1.165) is 13.0 Å². The molecule has 6 nitrogen and oxygen atoms in total. The van der Waals surface area contributed by atoms with E-state index in [-0.39, 0.29) is 12.3 Å². The number of hydrogen-bond donors (Lipinski definition) is 1. The number of hydrogen-bond acceptors (Lipinski definition) is 5. The first-order chi connectivity index (χ1) is 9.08. The molecule has 0 saturated heterocycles. The Kier molecular flexibility index (Phi) is 6.25. The summed E-state index contributed by atoms with van der Waals surface area (Å²) in [7, 11) is 0. The van der Waals surface area contributed by atoms with Gasteiger partial charge in [-0.25, -0.2) is 0 Å². The van der Waals surface area contributed by atoms with Gasteiger partial charge in [0.2, 0.25) is 0 Å². The quantitative estimate of drug-likeness (QED) is 0.614. The van der Waals surface area contributed by atoms with Crippen LogP contribution in [0.3, 0.4) is 0 Å². The molecule has 0 fully saturated rings. The monoisotopic (exact) mass is 327 g/mol. The van der Waals surface area contributed by atoms with Gasteiger partial charge in [-0.15, -0.1) is 0 Å². The largest absolute Gasteiger partial charge is 0.489 e. The summed E-state index contributed by atoms with van der Waals surface area (Å²) >= 11 is 3.25. The van der Waals surface area contributed by atoms with E-state index < -0.39 is 11.0 Å². The van der Waals surface area contributed by atoms with E-state index >= 15 is 0 Å². The molecule has 1 rings (SSSR count). The second-order valence-electron chi connectivity index (χ2n) is 3.82. The molecule has 1 unspecified atom stereocenters. The van der Waals surface area contributed by atoms with Gasteiger partial charge in [0.1, 0.15) is 18.4 Å². The minimum absolute atomic E-state index is 0.0479. The van der Waals surface area contributed by atoms with Crippen LogP contribution in [0.15, 0.2) is 22.7 Å². The summed E-state index contributed by atoms with van der Waals surface area (Å²) in [5, 5.41) is 22.6. The Bertz CT molecular complexity index is 488. The molecule has 0 bridgehead atoms. The number of non-ortho nitro benzene ring substituents is 1. The Morgan fingerprint density at radius 2 is 2.37 bits per heavy atom. The zero-order valence-electron chi connectivity index (χ0n) is 10.4. The van der Waals surface area contributed by atoms with Crippen LogP contribution in [-0.2, 0) is 0 Å². The smallest absolute Gasteiger partial charge is 0.273 e. The predicted octanol–water partition coefficient (Wildman–Crippen LogP) is 2.63. The molecule has 1 atom stereocenters. The first-order valence-corrected chi connectivity index (χ1v) is 6.57. The van der Waals surface area contributed by atoms with Crippen LogP contribution in [0.2, 0.25) is 0 Å². The number of halogens is 1. The van der Waals surface area contributed by atoms with E-state index in [1.54, 1.807) is 6.07 Å². The van der Waals surface area contributed by atoms with Crippen LogP contribution in [0.25, 0.3) is 0 Å². The second-order valence-corrected chi connectivity index (χ2v) is 4.67. The van der Waals surface area contributed by atoms with E-state index in [9.17, 15) is 10.1 Å². The lowest BCUT2D eigenvalue weighted by atomic mass is 10.3. The first kappa shape index (κ1) is 15.4. The Morgan fingerprint density at radius 1 is 1.63 bits per heavy atom. The fourth-order valence-electron chi connectivity index (χ4n) is 1.35. The number of nitro benzene ring substituents is 1. The van der Waals surface area contributed by atoms with Crippen molar-refractivity contribution in [2.24, 2.45) is 0 Å². The van der Waals surface area contributed by atoms with Gasteiger partial charge in [-0.3, -0.25) is 15.4 Å². The highest BCUT2D eigenvalue weighted by molar-refractivity contribution is 9.10. The van der Waals surface area contributed by atoms with Crippen LogP contribution < -0.4 is 10.1 Å². The van der Waals surface area contributed by atoms with E-state index in [0.29, 0.717) is 10.2 Å². The van der Waals surface area contributed by atoms with Crippen molar-refractivity contribution in [1.82, 2.24) is 5.32 Å². The normalized spacial score (nSPS) is 11.6. The van der Waals surface area contributed by atoms with Crippen LogP contribution in [-0.4, -0.2) is 24.1 Å². The van der Waals surface area contributed by atoms with Crippen LogP contribution in [0, 0.1) is 21.4 Å². The molecule has 0 aliphatic carbocycles. The van der Waals surface area contributed by atoms with Gasteiger partial charge in [-0.05, 0) is 35.0 Å². The lowest BCUT2D eigenvalue weighted by Gasteiger charge is -2.13. The average Bonchev–Trinajstić information content (AvgIpc) is 2.40. The maximum absolute atomic E-state index is 10.7. The third-order valence-electron chi connectivity index (χ3n) is 2.33. The van der Waals surface area contributed by atoms with Crippen LogP contribution in [0.1, 0.15) is 13.3 Å². The number of nitrogens with one attached hydrogen (secondary N) is 1. The number of nitro groups is 1. The predicted molar refractivity (Wildman–Crippen MR) is 74.0 cm³/mol. The fourth-order valence-corrected chi connectivity index (χ4v) is 1.71. The number of rotatable bonds is 7. The van der Waals surface area contributed by atoms with Crippen molar-refractivity contribution in [2.45, 2.75) is 19.4 Å². The molecule has 0 amide bonds. The molecule has 19 heavy (non-hydrogen) atoms. The van der Waals surface area contributed by atoms with Gasteiger partial charge in [0, 0.05) is 6.07 Å². The molecule has 102 valence electrons. The minimum atomic E-state index is -0.490. The van der Waals surface area contributed by atoms with E-state index in [1.165, 1.54) is 12.1 Å². The van der Waals surface area contributed by atoms with E-state index in [2.05, 4.69) is 27.3 Å². The second kappa shape index (κ2) is 7.71. The lowest BCUT2D eigenvalue weighted by Crippen LogP contribution is -2.33. The molecule has 0 spiro atoms. The van der Waals surface area contributed by atoms with E-state index in [1.807, 2.05) is 6.92 Å². The molecule has 0 aliphatic heterocycles. The number of ether oxygens (including phenoxy) is 1. The van der Waals surface area contributed by atoms with Gasteiger partial charge in [0.15, 0.2) is 0 Å². The van der Waals surface area contributed by atoms with Gasteiger partial charge in [-0.1, -0.05) is 6.92 Å². The standard InChI is InChI=1S/C12H14BrN3O3/c1-2-5-15-9(7-14)8-19-12-6-10(16(17)18)3-4-11(12)13/h3-4,6,9,15H,2,5,8H2,1H3. The molecular formula is C12H14BrN3O3. The maximum atomic E-state index is 10.7.